The summed E-state index contributed by atoms with van der Waals surface area (Å²) in [4.78, 5) is 4.53. The molecule has 1 saturated heterocycles. The average Bonchev–Trinajstić information content (AvgIpc) is 3.35. The van der Waals surface area contributed by atoms with Gasteiger partial charge in [-0.3, -0.25) is 0 Å². The maximum atomic E-state index is 12.8. The fourth-order valence-corrected chi connectivity index (χ4v) is 6.17. The third-order valence-electron chi connectivity index (χ3n) is 4.89. The third kappa shape index (κ3) is 3.83. The van der Waals surface area contributed by atoms with Crippen LogP contribution in [-0.2, 0) is 16.4 Å². The Morgan fingerprint density at radius 2 is 2.11 bits per heavy atom. The Kier molecular flexibility index (Phi) is 5.12. The van der Waals surface area contributed by atoms with Crippen molar-refractivity contribution in [2.75, 3.05) is 13.1 Å². The predicted octanol–water partition coefficient (Wildman–Crippen LogP) is 3.75. The Bertz CT molecular complexity index is 1010. The van der Waals surface area contributed by atoms with Crippen LogP contribution in [0.15, 0.2) is 50.5 Å². The van der Waals surface area contributed by atoms with Gasteiger partial charge in [-0.15, -0.1) is 11.3 Å². The van der Waals surface area contributed by atoms with E-state index in [0.717, 1.165) is 24.0 Å². The van der Waals surface area contributed by atoms with E-state index in [1.165, 1.54) is 11.3 Å². The van der Waals surface area contributed by atoms with Crippen molar-refractivity contribution in [1.29, 1.82) is 0 Å². The first-order valence-corrected chi connectivity index (χ1v) is 11.3. The van der Waals surface area contributed by atoms with Gasteiger partial charge < -0.3 is 4.52 Å². The molecule has 3 aromatic rings. The minimum Gasteiger partial charge on any atom is -0.339 e. The number of aryl methyl sites for hydroxylation is 1. The monoisotopic (exact) mass is 403 g/mol. The third-order valence-corrected chi connectivity index (χ3v) is 8.13. The summed E-state index contributed by atoms with van der Waals surface area (Å²) in [5, 5.41) is 5.90. The van der Waals surface area contributed by atoms with E-state index in [-0.39, 0.29) is 5.92 Å². The van der Waals surface area contributed by atoms with Crippen molar-refractivity contribution in [3.05, 3.63) is 53.2 Å². The van der Waals surface area contributed by atoms with Gasteiger partial charge in [-0.05, 0) is 42.7 Å². The number of hydrogen-bond donors (Lipinski definition) is 0. The van der Waals surface area contributed by atoms with Gasteiger partial charge in [0.15, 0.2) is 0 Å². The molecule has 27 heavy (non-hydrogen) atoms. The first-order chi connectivity index (χ1) is 13.0. The Hall–Kier alpha value is -2.03. The summed E-state index contributed by atoms with van der Waals surface area (Å²) in [6.07, 6.45) is 2.39. The maximum Gasteiger partial charge on any atom is 0.252 e. The van der Waals surface area contributed by atoms with Crippen molar-refractivity contribution >= 4 is 21.4 Å². The van der Waals surface area contributed by atoms with Gasteiger partial charge in [0.25, 0.3) is 10.0 Å². The van der Waals surface area contributed by atoms with Crippen molar-refractivity contribution < 1.29 is 12.9 Å². The number of aromatic nitrogens is 2. The molecular weight excluding hydrogens is 382 g/mol. The summed E-state index contributed by atoms with van der Waals surface area (Å²) in [6, 6.07) is 11.3. The summed E-state index contributed by atoms with van der Waals surface area (Å²) >= 11 is 1.26. The number of rotatable bonds is 5. The van der Waals surface area contributed by atoms with E-state index in [1.54, 1.807) is 21.8 Å². The number of benzene rings is 1. The highest BCUT2D eigenvalue weighted by Gasteiger charge is 2.31. The van der Waals surface area contributed by atoms with Crippen molar-refractivity contribution in [3.8, 4) is 11.4 Å². The van der Waals surface area contributed by atoms with Gasteiger partial charge in [-0.2, -0.15) is 9.29 Å². The van der Waals surface area contributed by atoms with E-state index in [2.05, 4.69) is 10.1 Å². The first-order valence-electron chi connectivity index (χ1n) is 8.96. The molecule has 2 aromatic heterocycles. The van der Waals surface area contributed by atoms with Crippen LogP contribution in [0.25, 0.3) is 11.4 Å². The number of piperidine rings is 1. The van der Waals surface area contributed by atoms with Gasteiger partial charge >= 0.3 is 0 Å². The van der Waals surface area contributed by atoms with E-state index in [4.69, 9.17) is 4.52 Å². The van der Waals surface area contributed by atoms with Crippen LogP contribution in [0.3, 0.4) is 0 Å². The van der Waals surface area contributed by atoms with Crippen LogP contribution in [-0.4, -0.2) is 36.0 Å². The molecule has 6 nitrogen and oxygen atoms in total. The molecule has 3 heterocycles. The molecular formula is C19H21N3O3S2. The first kappa shape index (κ1) is 18.3. The SMILES string of the molecule is Cc1ccccc1-c1noc(CC2CCCN(S(=O)(=O)c3cccs3)C2)n1. The molecule has 142 valence electrons. The van der Waals surface area contributed by atoms with Crippen molar-refractivity contribution in [3.63, 3.8) is 0 Å². The molecule has 0 N–H and O–H groups in total. The lowest BCUT2D eigenvalue weighted by Gasteiger charge is -2.30. The van der Waals surface area contributed by atoms with E-state index in [9.17, 15) is 8.42 Å². The predicted molar refractivity (Wildman–Crippen MR) is 104 cm³/mol. The second-order valence-electron chi connectivity index (χ2n) is 6.83. The summed E-state index contributed by atoms with van der Waals surface area (Å²) in [5.41, 5.74) is 2.05. The summed E-state index contributed by atoms with van der Waals surface area (Å²) in [5.74, 6) is 1.33. The molecule has 0 radical (unpaired) electrons. The van der Waals surface area contributed by atoms with Crippen molar-refractivity contribution in [2.24, 2.45) is 5.92 Å². The lowest BCUT2D eigenvalue weighted by molar-refractivity contribution is 0.247. The van der Waals surface area contributed by atoms with Crippen LogP contribution in [0.1, 0.15) is 24.3 Å². The molecule has 1 aliphatic rings. The van der Waals surface area contributed by atoms with Gasteiger partial charge in [0.2, 0.25) is 11.7 Å². The Balaban J connectivity index is 1.47. The minimum absolute atomic E-state index is 0.179. The van der Waals surface area contributed by atoms with E-state index >= 15 is 0 Å². The van der Waals surface area contributed by atoms with Gasteiger partial charge in [0, 0.05) is 25.1 Å². The van der Waals surface area contributed by atoms with Crippen LogP contribution in [0.4, 0.5) is 0 Å². The molecule has 0 amide bonds. The highest BCUT2D eigenvalue weighted by Crippen LogP contribution is 2.28. The number of thiophene rings is 1. The van der Waals surface area contributed by atoms with Crippen LogP contribution in [0, 0.1) is 12.8 Å². The maximum absolute atomic E-state index is 12.8. The fraction of sp³-hybridized carbons (Fsp3) is 0.368. The Morgan fingerprint density at radius 3 is 2.89 bits per heavy atom. The topological polar surface area (TPSA) is 76.3 Å². The van der Waals surface area contributed by atoms with E-state index < -0.39 is 10.0 Å². The summed E-state index contributed by atoms with van der Waals surface area (Å²) in [6.45, 7) is 3.07. The van der Waals surface area contributed by atoms with Gasteiger partial charge in [0.05, 0.1) is 0 Å². The van der Waals surface area contributed by atoms with Crippen molar-refractivity contribution in [2.45, 2.75) is 30.4 Å². The smallest absolute Gasteiger partial charge is 0.252 e. The summed E-state index contributed by atoms with van der Waals surface area (Å²) in [7, 11) is -3.40. The Labute approximate surface area is 162 Å². The highest BCUT2D eigenvalue weighted by molar-refractivity contribution is 7.91. The van der Waals surface area contributed by atoms with Crippen LogP contribution >= 0.6 is 11.3 Å². The zero-order valence-electron chi connectivity index (χ0n) is 15.0. The largest absolute Gasteiger partial charge is 0.339 e. The molecule has 4 rings (SSSR count). The van der Waals surface area contributed by atoms with Crippen molar-refractivity contribution in [1.82, 2.24) is 14.4 Å². The van der Waals surface area contributed by atoms with Crippen LogP contribution < -0.4 is 0 Å². The average molecular weight is 404 g/mol. The fourth-order valence-electron chi connectivity index (χ4n) is 3.47. The molecule has 0 bridgehead atoms. The normalized spacial score (nSPS) is 18.6. The highest BCUT2D eigenvalue weighted by atomic mass is 32.2. The number of sulfonamides is 1. The molecule has 1 aliphatic heterocycles. The number of hydrogen-bond acceptors (Lipinski definition) is 6. The molecule has 0 spiro atoms. The molecule has 8 heteroatoms. The molecule has 1 unspecified atom stereocenters. The number of nitrogens with zero attached hydrogens (tertiary/aromatic N) is 3. The van der Waals surface area contributed by atoms with Gasteiger partial charge in [-0.25, -0.2) is 8.42 Å². The lowest BCUT2D eigenvalue weighted by atomic mass is 9.96. The van der Waals surface area contributed by atoms with Crippen LogP contribution in [0.2, 0.25) is 0 Å². The van der Waals surface area contributed by atoms with Gasteiger partial charge in [0.1, 0.15) is 4.21 Å². The molecule has 0 aliphatic carbocycles. The summed E-state index contributed by atoms with van der Waals surface area (Å²) < 4.78 is 33.0. The molecule has 1 aromatic carbocycles. The second kappa shape index (κ2) is 7.53. The lowest BCUT2D eigenvalue weighted by Crippen LogP contribution is -2.40. The van der Waals surface area contributed by atoms with Gasteiger partial charge in [-0.1, -0.05) is 35.5 Å². The quantitative estimate of drug-likeness (QED) is 0.648. The zero-order chi connectivity index (χ0) is 18.9. The zero-order valence-corrected chi connectivity index (χ0v) is 16.7. The van der Waals surface area contributed by atoms with E-state index in [0.29, 0.717) is 35.4 Å². The van der Waals surface area contributed by atoms with Crippen LogP contribution in [0.5, 0.6) is 0 Å². The Morgan fingerprint density at radius 1 is 1.26 bits per heavy atom. The van der Waals surface area contributed by atoms with E-state index in [1.807, 2.05) is 31.2 Å². The molecule has 0 saturated carbocycles. The molecule has 1 fully saturated rings. The standard InChI is InChI=1S/C19H21N3O3S2/c1-14-6-2-3-8-16(14)19-20-17(25-21-19)12-15-7-4-10-22(13-15)27(23,24)18-9-5-11-26-18/h2-3,5-6,8-9,11,15H,4,7,10,12-13H2,1H3. The molecule has 1 atom stereocenters. The second-order valence-corrected chi connectivity index (χ2v) is 9.95. The minimum atomic E-state index is -3.40.